The van der Waals surface area contributed by atoms with Crippen LogP contribution in [-0.4, -0.2) is 34.6 Å². The first-order valence-electron chi connectivity index (χ1n) is 14.6. The second-order valence-corrected chi connectivity index (χ2v) is 14.9. The Kier molecular flexibility index (Phi) is 6.99. The molecule has 4 aliphatic rings. The number of hydrogen-bond donors (Lipinski definition) is 2. The molecule has 3 aromatic carbocycles. The van der Waals surface area contributed by atoms with Crippen LogP contribution in [0.4, 0.5) is 15.8 Å². The summed E-state index contributed by atoms with van der Waals surface area (Å²) in [7, 11) is 0. The lowest BCUT2D eigenvalue weighted by atomic mass is 9.68. The van der Waals surface area contributed by atoms with Gasteiger partial charge in [-0.15, -0.1) is 11.8 Å². The molecule has 4 aromatic rings. The van der Waals surface area contributed by atoms with E-state index in [9.17, 15) is 23.6 Å². The molecule has 7 atom stereocenters. The highest BCUT2D eigenvalue weighted by Gasteiger charge is 2.69. The van der Waals surface area contributed by atoms with E-state index in [0.29, 0.717) is 17.1 Å². The predicted molar refractivity (Wildman–Crippen MR) is 172 cm³/mol. The fourth-order valence-corrected chi connectivity index (χ4v) is 11.1. The van der Waals surface area contributed by atoms with Gasteiger partial charge in [-0.2, -0.15) is 0 Å². The van der Waals surface area contributed by atoms with Crippen molar-refractivity contribution in [1.29, 1.82) is 0 Å². The summed E-state index contributed by atoms with van der Waals surface area (Å²) in [6.07, 6.45) is 0.766. The second-order valence-electron chi connectivity index (χ2n) is 11.8. The molecule has 8 rings (SSSR count). The van der Waals surface area contributed by atoms with Crippen LogP contribution in [0.25, 0.3) is 0 Å². The molecule has 0 spiro atoms. The second kappa shape index (κ2) is 11.0. The Bertz CT molecular complexity index is 1910. The number of ether oxygens (including phenoxy) is 1. The van der Waals surface area contributed by atoms with Crippen LogP contribution in [0.1, 0.15) is 22.8 Å². The van der Waals surface area contributed by atoms with Crippen LogP contribution in [-0.2, 0) is 14.4 Å². The van der Waals surface area contributed by atoms with Crippen molar-refractivity contribution in [2.45, 2.75) is 22.6 Å². The number of nitrogens with one attached hydrogen (secondary N) is 2. The third-order valence-electron chi connectivity index (χ3n) is 9.55. The van der Waals surface area contributed by atoms with Gasteiger partial charge in [-0.3, -0.25) is 24.1 Å². The van der Waals surface area contributed by atoms with Gasteiger partial charge in [0.15, 0.2) is 6.61 Å². The molecule has 2 aliphatic carbocycles. The zero-order valence-corrected chi connectivity index (χ0v) is 26.7. The standard InChI is InChI=1S/C33H25BrFN3O5S2/c34-15-5-11-18(12-6-15)38-31(40)26-20-13-21(27(26)32(38)41)28-25(20)24(29-30(44-28)37-33(42)45-29)19-3-1-2-4-22(19)43-14-23(39)36-17-9-7-16(35)8-10-17/h1-12,20-21,24-28H,13-14H2,(H,36,39)(H,37,42)/t20-,21-,24+,25-,26+,27+,28-/m1/s1. The summed E-state index contributed by atoms with van der Waals surface area (Å²) in [6.45, 7) is -0.272. The summed E-state index contributed by atoms with van der Waals surface area (Å²) in [5.74, 6) is -1.74. The lowest BCUT2D eigenvalue weighted by Crippen LogP contribution is -2.42. The van der Waals surface area contributed by atoms with E-state index in [-0.39, 0.29) is 52.2 Å². The molecular weight excluding hydrogens is 681 g/mol. The molecule has 2 saturated carbocycles. The maximum Gasteiger partial charge on any atom is 0.305 e. The number of halogens is 2. The zero-order chi connectivity index (χ0) is 31.0. The van der Waals surface area contributed by atoms with Crippen LogP contribution in [0.15, 0.2) is 87.1 Å². The molecule has 12 heteroatoms. The van der Waals surface area contributed by atoms with Gasteiger partial charge >= 0.3 is 4.87 Å². The van der Waals surface area contributed by atoms with Gasteiger partial charge in [0.2, 0.25) is 11.8 Å². The number of anilines is 2. The molecule has 3 amide bonds. The van der Waals surface area contributed by atoms with Crippen molar-refractivity contribution in [2.75, 3.05) is 16.8 Å². The van der Waals surface area contributed by atoms with Gasteiger partial charge < -0.3 is 15.0 Å². The number of thioether (sulfide) groups is 1. The highest BCUT2D eigenvalue weighted by molar-refractivity contribution is 9.10. The van der Waals surface area contributed by atoms with Gasteiger partial charge in [-0.25, -0.2) is 4.39 Å². The van der Waals surface area contributed by atoms with Crippen molar-refractivity contribution in [1.82, 2.24) is 4.98 Å². The highest BCUT2D eigenvalue weighted by atomic mass is 79.9. The molecule has 2 bridgehead atoms. The Morgan fingerprint density at radius 3 is 2.44 bits per heavy atom. The van der Waals surface area contributed by atoms with E-state index in [2.05, 4.69) is 26.2 Å². The van der Waals surface area contributed by atoms with Crippen LogP contribution in [0.5, 0.6) is 5.75 Å². The van der Waals surface area contributed by atoms with Crippen molar-refractivity contribution in [2.24, 2.45) is 29.6 Å². The van der Waals surface area contributed by atoms with Crippen LogP contribution in [0.2, 0.25) is 0 Å². The number of carbonyl (C=O) groups is 3. The molecule has 1 aromatic heterocycles. The number of para-hydroxylation sites is 1. The van der Waals surface area contributed by atoms with E-state index < -0.39 is 23.6 Å². The number of rotatable bonds is 6. The van der Waals surface area contributed by atoms with Gasteiger partial charge in [0.1, 0.15) is 11.6 Å². The summed E-state index contributed by atoms with van der Waals surface area (Å²) in [5.41, 5.74) is 1.87. The topological polar surface area (TPSA) is 109 Å². The SMILES string of the molecule is O=C(COc1ccccc1[C@@H]1c2sc(=O)[nH]c2S[C@@H]2[C@@H]3C[C@@H]([C@@H]4C(=O)N(c5ccc(Br)cc5)C(=O)[C@@H]34)[C@H]12)Nc1ccc(F)cc1. The summed E-state index contributed by atoms with van der Waals surface area (Å²) in [5, 5.41) is 3.54. The minimum absolute atomic E-state index is 0.0134. The van der Waals surface area contributed by atoms with Gasteiger partial charge in [0.05, 0.1) is 22.5 Å². The normalized spacial score (nSPS) is 27.7. The number of imide groups is 1. The van der Waals surface area contributed by atoms with Gasteiger partial charge in [0.25, 0.3) is 5.91 Å². The number of amides is 3. The number of nitrogens with zero attached hydrogens (tertiary/aromatic N) is 1. The van der Waals surface area contributed by atoms with Crippen LogP contribution in [0.3, 0.4) is 0 Å². The lowest BCUT2D eigenvalue weighted by Gasteiger charge is -2.43. The Morgan fingerprint density at radius 2 is 1.69 bits per heavy atom. The van der Waals surface area contributed by atoms with Gasteiger partial charge in [-0.05, 0) is 78.8 Å². The Morgan fingerprint density at radius 1 is 0.978 bits per heavy atom. The molecule has 45 heavy (non-hydrogen) atoms. The Labute approximate surface area is 273 Å². The molecule has 1 saturated heterocycles. The molecule has 2 N–H and O–H groups in total. The third kappa shape index (κ3) is 4.68. The van der Waals surface area contributed by atoms with E-state index in [1.807, 2.05) is 36.4 Å². The fourth-order valence-electron chi connectivity index (χ4n) is 7.95. The number of H-pyrrole nitrogens is 1. The fraction of sp³-hybridized carbons (Fsp3) is 0.273. The van der Waals surface area contributed by atoms with Crippen LogP contribution >= 0.6 is 39.0 Å². The Balaban J connectivity index is 1.12. The number of carbonyl (C=O) groups excluding carboxylic acids is 3. The average molecular weight is 707 g/mol. The summed E-state index contributed by atoms with van der Waals surface area (Å²) in [6, 6.07) is 20.2. The van der Waals surface area contributed by atoms with E-state index in [4.69, 9.17) is 4.74 Å². The maximum absolute atomic E-state index is 14.0. The third-order valence-corrected chi connectivity index (χ3v) is 12.7. The molecule has 8 nitrogen and oxygen atoms in total. The van der Waals surface area contributed by atoms with E-state index in [1.54, 1.807) is 23.9 Å². The van der Waals surface area contributed by atoms with E-state index in [1.165, 1.54) is 40.5 Å². The van der Waals surface area contributed by atoms with Crippen molar-refractivity contribution in [3.8, 4) is 5.75 Å². The van der Waals surface area contributed by atoms with Crippen molar-refractivity contribution in [3.05, 3.63) is 103 Å². The maximum atomic E-state index is 14.0. The van der Waals surface area contributed by atoms with Crippen LogP contribution in [0, 0.1) is 35.4 Å². The molecule has 2 aliphatic heterocycles. The lowest BCUT2D eigenvalue weighted by molar-refractivity contribution is -0.123. The predicted octanol–water partition coefficient (Wildman–Crippen LogP) is 6.03. The first-order chi connectivity index (χ1) is 21.8. The van der Waals surface area contributed by atoms with Crippen molar-refractivity contribution < 1.29 is 23.5 Å². The largest absolute Gasteiger partial charge is 0.483 e. The zero-order valence-electron chi connectivity index (χ0n) is 23.4. The number of hydrogen-bond acceptors (Lipinski definition) is 7. The quantitative estimate of drug-likeness (QED) is 0.237. The number of benzene rings is 3. The summed E-state index contributed by atoms with van der Waals surface area (Å²) < 4.78 is 20.3. The number of fused-ring (bicyclic) bond motifs is 9. The number of thiazole rings is 1. The smallest absolute Gasteiger partial charge is 0.305 e. The highest BCUT2D eigenvalue weighted by Crippen LogP contribution is 2.69. The van der Waals surface area contributed by atoms with Crippen LogP contribution < -0.4 is 19.8 Å². The molecule has 0 unspecified atom stereocenters. The van der Waals surface area contributed by atoms with Gasteiger partial charge in [0, 0.05) is 31.8 Å². The molecule has 3 fully saturated rings. The minimum atomic E-state index is -0.428. The minimum Gasteiger partial charge on any atom is -0.483 e. The first kappa shape index (κ1) is 28.7. The molecule has 228 valence electrons. The Hall–Kier alpha value is -3.74. The summed E-state index contributed by atoms with van der Waals surface area (Å²) in [4.78, 5) is 58.4. The first-order valence-corrected chi connectivity index (χ1v) is 17.1. The summed E-state index contributed by atoms with van der Waals surface area (Å²) >= 11 is 6.22. The van der Waals surface area contributed by atoms with Crippen molar-refractivity contribution >= 4 is 68.1 Å². The monoisotopic (exact) mass is 705 g/mol. The van der Waals surface area contributed by atoms with Crippen molar-refractivity contribution in [3.63, 3.8) is 0 Å². The van der Waals surface area contributed by atoms with Gasteiger partial charge in [-0.1, -0.05) is 45.5 Å². The number of aromatic amines is 1. The molecule has 0 radical (unpaired) electrons. The molecule has 3 heterocycles. The number of aromatic nitrogens is 1. The van der Waals surface area contributed by atoms with E-state index >= 15 is 0 Å². The molecular formula is C33H25BrFN3O5S2. The van der Waals surface area contributed by atoms with E-state index in [0.717, 1.165) is 26.4 Å². The average Bonchev–Trinajstić information content (AvgIpc) is 3.77.